The van der Waals surface area contributed by atoms with Crippen LogP contribution in [-0.2, 0) is 75.2 Å². The van der Waals surface area contributed by atoms with E-state index in [9.17, 15) is 72.5 Å². The minimum Gasteiger partial charge on any atom is -0.480 e. The van der Waals surface area contributed by atoms with E-state index in [1.54, 1.807) is 44.2 Å². The highest BCUT2D eigenvalue weighted by molar-refractivity contribution is 7.80. The SMILES string of the molecule is CC(C)[C@H](NC(=O)[C@H](CS)NC(=O)[C@H](Cc1ccccc1)NC(=O)CNC(=O)[C@H](C)NC(=O)[C@@H](N)CS)C(=O)N1CCC[C@H]1C(=O)NCC(=O)N[C@@H](CS)C(=O)N[C@@H](Cc1cnc[nH]1)C(=O)N[C@@H](CO)C(=O)N[C@@H](CCCCN)C(=O)N[C@@H](CS)C(=O)O. The summed E-state index contributed by atoms with van der Waals surface area (Å²) in [5.74, 6) is -12.6. The molecule has 1 aromatic carbocycles. The Kier molecular flexibility index (Phi) is 33.2. The van der Waals surface area contributed by atoms with Crippen LogP contribution >= 0.6 is 50.5 Å². The van der Waals surface area contributed by atoms with Crippen LogP contribution in [-0.4, -0.2) is 224 Å². The molecule has 1 fully saturated rings. The summed E-state index contributed by atoms with van der Waals surface area (Å²) in [6.45, 7) is 2.75. The number of benzene rings is 1. The van der Waals surface area contributed by atoms with Crippen molar-refractivity contribution in [3.8, 4) is 0 Å². The lowest BCUT2D eigenvalue weighted by molar-refractivity contribution is -0.143. The Bertz CT molecular complexity index is 2700. The molecule has 3 rings (SSSR count). The smallest absolute Gasteiger partial charge is 0.327 e. The molecular formula is C53H82N16O15S4. The van der Waals surface area contributed by atoms with Gasteiger partial charge in [0.25, 0.3) is 0 Å². The van der Waals surface area contributed by atoms with Gasteiger partial charge in [0.05, 0.1) is 32.1 Å². The van der Waals surface area contributed by atoms with Gasteiger partial charge in [-0.1, -0.05) is 44.2 Å². The van der Waals surface area contributed by atoms with E-state index in [2.05, 4.69) is 119 Å². The standard InChI is InChI=1S/C53H82N16O15S4/c1-27(2)42(68-50(80)37(24-87)66-46(76)33(16-29-10-5-4-6-11-29)61-40(71)19-57-43(73)28(3)60-44(74)31(55)22-85)52(82)69-15-9-13-39(69)51(81)58-20-41(72)62-36(23-86)49(79)64-34(17-30-18-56-26-59-30)47(77)65-35(21-70)48(78)63-32(12-7-8-14-54)45(75)67-38(25-88)53(83)84/h4-6,10-11,18,26-28,31-39,42,70,85-88H,7-9,12-17,19-25,54-55H2,1-3H3,(H,56,59)(H,57,73)(H,58,81)(H,60,74)(H,61,71)(H,62,72)(H,63,78)(H,64,79)(H,65,77)(H,66,76)(H,67,75)(H,68,80)(H,83,84)/t28-,31-,32-,33-,34-,35-,36-,37-,38-,39-,42-/m0/s1. The molecule has 18 N–H and O–H groups in total. The number of carboxylic acid groups (broad SMARTS) is 1. The highest BCUT2D eigenvalue weighted by atomic mass is 32.1. The summed E-state index contributed by atoms with van der Waals surface area (Å²) in [5.41, 5.74) is 12.2. The zero-order valence-corrected chi connectivity index (χ0v) is 52.4. The number of unbranched alkanes of at least 4 members (excludes halogenated alkanes) is 1. The number of hydrogen-bond acceptors (Lipinski definition) is 21. The van der Waals surface area contributed by atoms with Crippen LogP contribution in [0.15, 0.2) is 42.9 Å². The molecule has 88 heavy (non-hydrogen) atoms. The van der Waals surface area contributed by atoms with Crippen molar-refractivity contribution in [1.82, 2.24) is 73.4 Å². The number of carboxylic acids is 1. The number of rotatable bonds is 38. The van der Waals surface area contributed by atoms with Crippen molar-refractivity contribution in [2.24, 2.45) is 17.4 Å². The van der Waals surface area contributed by atoms with Crippen molar-refractivity contribution in [2.45, 2.75) is 132 Å². The number of H-pyrrole nitrogens is 1. The Hall–Kier alpha value is -7.18. The van der Waals surface area contributed by atoms with Gasteiger partial charge < -0.3 is 90.0 Å². The predicted molar refractivity (Wildman–Crippen MR) is 332 cm³/mol. The van der Waals surface area contributed by atoms with Crippen LogP contribution in [0.5, 0.6) is 0 Å². The second-order valence-electron chi connectivity index (χ2n) is 20.7. The maximum Gasteiger partial charge on any atom is 0.327 e. The number of thiol groups is 4. The van der Waals surface area contributed by atoms with Crippen LogP contribution in [0, 0.1) is 5.92 Å². The Labute approximate surface area is 530 Å². The number of likely N-dealkylation sites (tertiary alicyclic amines) is 1. The Morgan fingerprint density at radius 1 is 0.625 bits per heavy atom. The number of carbonyl (C=O) groups excluding carboxylic acids is 12. The van der Waals surface area contributed by atoms with E-state index in [4.69, 9.17) is 11.5 Å². The van der Waals surface area contributed by atoms with Gasteiger partial charge in [0.2, 0.25) is 70.9 Å². The third-order valence-corrected chi connectivity index (χ3v) is 15.1. The second kappa shape index (κ2) is 39.0. The molecule has 31 nitrogen and oxygen atoms in total. The minimum atomic E-state index is -1.69. The zero-order valence-electron chi connectivity index (χ0n) is 48.8. The molecule has 0 unspecified atom stereocenters. The monoisotopic (exact) mass is 1310 g/mol. The molecule has 488 valence electrons. The maximum absolute atomic E-state index is 14.2. The van der Waals surface area contributed by atoms with Crippen LogP contribution in [0.2, 0.25) is 0 Å². The summed E-state index contributed by atoms with van der Waals surface area (Å²) < 4.78 is 0. The van der Waals surface area contributed by atoms with E-state index < -0.39 is 169 Å². The zero-order chi connectivity index (χ0) is 65.6. The first kappa shape index (κ1) is 75.1. The number of aromatic nitrogens is 2. The summed E-state index contributed by atoms with van der Waals surface area (Å²) in [7, 11) is 0. The number of aliphatic carboxylic acids is 1. The lowest BCUT2D eigenvalue weighted by Crippen LogP contribution is -2.60. The number of nitrogens with zero attached hydrogens (tertiary/aromatic N) is 2. The molecule has 1 aliphatic rings. The molecular weight excluding hydrogens is 1230 g/mol. The molecule has 12 amide bonds. The molecule has 35 heteroatoms. The van der Waals surface area contributed by atoms with Crippen LogP contribution in [0.25, 0.3) is 0 Å². The van der Waals surface area contributed by atoms with E-state index in [1.807, 2.05) is 0 Å². The largest absolute Gasteiger partial charge is 0.480 e. The van der Waals surface area contributed by atoms with Crippen molar-refractivity contribution >= 4 is 127 Å². The quantitative estimate of drug-likeness (QED) is 0.0220. The fraction of sp³-hybridized carbons (Fsp3) is 0.585. The van der Waals surface area contributed by atoms with Crippen molar-refractivity contribution < 1.29 is 72.5 Å². The number of hydrogen-bond donors (Lipinski definition) is 20. The molecule has 1 saturated heterocycles. The first-order chi connectivity index (χ1) is 41.8. The molecule has 0 aliphatic carbocycles. The molecule has 2 aromatic rings. The summed E-state index contributed by atoms with van der Waals surface area (Å²) in [4.78, 5) is 181. The number of aromatic amines is 1. The maximum atomic E-state index is 14.2. The van der Waals surface area contributed by atoms with E-state index in [0.717, 1.165) is 0 Å². The van der Waals surface area contributed by atoms with Crippen LogP contribution in [0.3, 0.4) is 0 Å². The average molecular weight is 1310 g/mol. The topological polar surface area (TPSA) is 479 Å². The van der Waals surface area contributed by atoms with Crippen molar-refractivity contribution in [3.05, 3.63) is 54.1 Å². The van der Waals surface area contributed by atoms with Gasteiger partial charge in [0.15, 0.2) is 0 Å². The fourth-order valence-corrected chi connectivity index (χ4v) is 9.52. The Balaban J connectivity index is 1.66. The number of imidazole rings is 1. The summed E-state index contributed by atoms with van der Waals surface area (Å²) in [6.07, 6.45) is 3.68. The number of nitrogens with one attached hydrogen (secondary N) is 12. The minimum absolute atomic E-state index is 0.0136. The predicted octanol–water partition coefficient (Wildman–Crippen LogP) is -6.29. The van der Waals surface area contributed by atoms with E-state index in [1.165, 1.54) is 24.3 Å². The fourth-order valence-electron chi connectivity index (χ4n) is 8.59. The molecule has 0 bridgehead atoms. The van der Waals surface area contributed by atoms with E-state index in [0.29, 0.717) is 30.5 Å². The lowest BCUT2D eigenvalue weighted by Gasteiger charge is -2.31. The highest BCUT2D eigenvalue weighted by Gasteiger charge is 2.40. The Morgan fingerprint density at radius 2 is 1.15 bits per heavy atom. The Morgan fingerprint density at radius 3 is 1.72 bits per heavy atom. The number of aliphatic hydroxyl groups is 1. The van der Waals surface area contributed by atoms with Gasteiger partial charge in [-0.15, -0.1) is 0 Å². The highest BCUT2D eigenvalue weighted by Crippen LogP contribution is 2.21. The van der Waals surface area contributed by atoms with Gasteiger partial charge in [-0.25, -0.2) is 9.78 Å². The van der Waals surface area contributed by atoms with Crippen molar-refractivity contribution in [1.29, 1.82) is 0 Å². The van der Waals surface area contributed by atoms with Gasteiger partial charge >= 0.3 is 5.97 Å². The third kappa shape index (κ3) is 24.8. The summed E-state index contributed by atoms with van der Waals surface area (Å²) in [5, 5.41) is 46.7. The molecule has 0 saturated carbocycles. The van der Waals surface area contributed by atoms with Crippen LogP contribution < -0.4 is 70.0 Å². The summed E-state index contributed by atoms with van der Waals surface area (Å²) in [6, 6.07) is -5.77. The molecule has 11 atom stereocenters. The molecule has 0 radical (unpaired) electrons. The van der Waals surface area contributed by atoms with Gasteiger partial charge in [-0.05, 0) is 57.1 Å². The summed E-state index contributed by atoms with van der Waals surface area (Å²) >= 11 is 16.4. The molecule has 1 aliphatic heterocycles. The first-order valence-corrected chi connectivity index (χ1v) is 30.7. The van der Waals surface area contributed by atoms with E-state index in [-0.39, 0.29) is 61.8 Å². The van der Waals surface area contributed by atoms with Crippen LogP contribution in [0.4, 0.5) is 0 Å². The lowest BCUT2D eigenvalue weighted by atomic mass is 10.0. The van der Waals surface area contributed by atoms with Crippen molar-refractivity contribution in [2.75, 3.05) is 55.8 Å². The molecule has 1 aromatic heterocycles. The number of aliphatic hydroxyl groups excluding tert-OH is 1. The molecule has 2 heterocycles. The second-order valence-corrected chi connectivity index (χ2v) is 22.2. The number of carbonyl (C=O) groups is 13. The molecule has 0 spiro atoms. The number of amides is 12. The van der Waals surface area contributed by atoms with Gasteiger partial charge in [-0.3, -0.25) is 57.5 Å². The third-order valence-electron chi connectivity index (χ3n) is 13.6. The normalized spacial score (nSPS) is 16.2. The van der Waals surface area contributed by atoms with Gasteiger partial charge in [0.1, 0.15) is 60.4 Å². The number of nitrogens with two attached hydrogens (primary N) is 2. The van der Waals surface area contributed by atoms with Gasteiger partial charge in [0, 0.05) is 54.3 Å². The van der Waals surface area contributed by atoms with E-state index >= 15 is 0 Å². The average Bonchev–Trinajstić information content (AvgIpc) is 2.87. The van der Waals surface area contributed by atoms with Crippen LogP contribution in [0.1, 0.15) is 64.1 Å². The van der Waals surface area contributed by atoms with Crippen molar-refractivity contribution in [3.63, 3.8) is 0 Å². The van der Waals surface area contributed by atoms with Gasteiger partial charge in [-0.2, -0.15) is 50.5 Å². The first-order valence-electron chi connectivity index (χ1n) is 28.1.